The van der Waals surface area contributed by atoms with Crippen LogP contribution in [0.25, 0.3) is 21.0 Å². The first kappa shape index (κ1) is 18.1. The zero-order valence-electron chi connectivity index (χ0n) is 16.1. The number of amides is 1. The number of rotatable bonds is 5. The van der Waals surface area contributed by atoms with Crippen molar-refractivity contribution >= 4 is 38.2 Å². The molecule has 0 bridgehead atoms. The maximum atomic E-state index is 12.5. The predicted molar refractivity (Wildman–Crippen MR) is 115 cm³/mol. The van der Waals surface area contributed by atoms with Gasteiger partial charge in [0.1, 0.15) is 11.2 Å². The second kappa shape index (κ2) is 7.44. The third kappa shape index (κ3) is 3.44. The van der Waals surface area contributed by atoms with E-state index >= 15 is 0 Å². The largest absolute Gasteiger partial charge is 0.467 e. The molecule has 0 aliphatic heterocycles. The van der Waals surface area contributed by atoms with Crippen molar-refractivity contribution in [3.63, 3.8) is 0 Å². The molecule has 2 aromatic carbocycles. The fraction of sp³-hybridized carbons (Fsp3) is 0.261. The van der Waals surface area contributed by atoms with Gasteiger partial charge in [0.2, 0.25) is 5.88 Å². The third-order valence-corrected chi connectivity index (χ3v) is 6.66. The van der Waals surface area contributed by atoms with Crippen molar-refractivity contribution < 1.29 is 9.53 Å². The minimum Gasteiger partial charge on any atom is -0.467 e. The Morgan fingerprint density at radius 1 is 1.17 bits per heavy atom. The van der Waals surface area contributed by atoms with Crippen molar-refractivity contribution in [2.45, 2.75) is 32.2 Å². The molecule has 0 spiro atoms. The van der Waals surface area contributed by atoms with E-state index in [1.165, 1.54) is 22.2 Å². The van der Waals surface area contributed by atoms with E-state index in [4.69, 9.17) is 4.74 Å². The summed E-state index contributed by atoms with van der Waals surface area (Å²) in [5.41, 5.74) is 2.36. The van der Waals surface area contributed by atoms with E-state index in [0.29, 0.717) is 5.88 Å². The second-order valence-corrected chi connectivity index (χ2v) is 8.48. The number of hydrogen-bond acceptors (Lipinski definition) is 5. The van der Waals surface area contributed by atoms with Gasteiger partial charge in [-0.15, -0.1) is 11.3 Å². The Bertz CT molecular complexity index is 1220. The summed E-state index contributed by atoms with van der Waals surface area (Å²) >= 11 is 1.71. The van der Waals surface area contributed by atoms with Crippen molar-refractivity contribution in [1.29, 1.82) is 0 Å². The SMILES string of the molecule is CC(NC(=O)COc1ncnc2sc3c(c12)CCC3)c1ccc2ccccc2c1. The van der Waals surface area contributed by atoms with Crippen LogP contribution in [-0.4, -0.2) is 22.5 Å². The van der Waals surface area contributed by atoms with E-state index in [-0.39, 0.29) is 18.6 Å². The zero-order chi connectivity index (χ0) is 19.8. The van der Waals surface area contributed by atoms with Crippen LogP contribution in [0.3, 0.4) is 0 Å². The minimum absolute atomic E-state index is 0.0609. The number of ether oxygens (including phenoxy) is 1. The molecule has 1 atom stereocenters. The van der Waals surface area contributed by atoms with E-state index < -0.39 is 0 Å². The molecule has 6 heteroatoms. The fourth-order valence-electron chi connectivity index (χ4n) is 3.99. The predicted octanol–water partition coefficient (Wildman–Crippen LogP) is 4.59. The number of fused-ring (bicyclic) bond motifs is 4. The van der Waals surface area contributed by atoms with Gasteiger partial charge in [0.05, 0.1) is 11.4 Å². The van der Waals surface area contributed by atoms with Gasteiger partial charge in [-0.3, -0.25) is 4.79 Å². The van der Waals surface area contributed by atoms with Crippen LogP contribution in [0, 0.1) is 0 Å². The number of carbonyl (C=O) groups is 1. The van der Waals surface area contributed by atoms with Gasteiger partial charge in [-0.1, -0.05) is 36.4 Å². The number of aryl methyl sites for hydroxylation is 2. The molecule has 29 heavy (non-hydrogen) atoms. The second-order valence-electron chi connectivity index (χ2n) is 7.40. The molecule has 0 saturated carbocycles. The molecule has 1 aliphatic carbocycles. The third-order valence-electron chi connectivity index (χ3n) is 5.46. The standard InChI is InChI=1S/C23H21N3O2S/c1-14(16-10-9-15-5-2-3-6-17(15)11-16)26-20(27)12-28-22-21-18-7-4-8-19(18)29-23(21)25-13-24-22/h2-3,5-6,9-11,13-14H,4,7-8,12H2,1H3,(H,26,27). The topological polar surface area (TPSA) is 64.1 Å². The van der Waals surface area contributed by atoms with Crippen molar-refractivity contribution in [1.82, 2.24) is 15.3 Å². The van der Waals surface area contributed by atoms with E-state index in [1.54, 1.807) is 11.3 Å². The van der Waals surface area contributed by atoms with Crippen LogP contribution in [-0.2, 0) is 17.6 Å². The Labute approximate surface area is 172 Å². The molecular weight excluding hydrogens is 382 g/mol. The van der Waals surface area contributed by atoms with Gasteiger partial charge < -0.3 is 10.1 Å². The smallest absolute Gasteiger partial charge is 0.258 e. The van der Waals surface area contributed by atoms with Gasteiger partial charge >= 0.3 is 0 Å². The number of benzene rings is 2. The van der Waals surface area contributed by atoms with Gasteiger partial charge in [0, 0.05) is 4.88 Å². The maximum absolute atomic E-state index is 12.5. The summed E-state index contributed by atoms with van der Waals surface area (Å²) < 4.78 is 5.82. The summed E-state index contributed by atoms with van der Waals surface area (Å²) in [7, 11) is 0. The van der Waals surface area contributed by atoms with Crippen LogP contribution < -0.4 is 10.1 Å². The molecular formula is C23H21N3O2S. The first-order chi connectivity index (χ1) is 14.2. The Morgan fingerprint density at radius 2 is 2.03 bits per heavy atom. The number of carbonyl (C=O) groups excluding carboxylic acids is 1. The zero-order valence-corrected chi connectivity index (χ0v) is 17.0. The summed E-state index contributed by atoms with van der Waals surface area (Å²) in [6.07, 6.45) is 4.80. The Morgan fingerprint density at radius 3 is 2.93 bits per heavy atom. The number of nitrogens with zero attached hydrogens (tertiary/aromatic N) is 2. The molecule has 5 nitrogen and oxygen atoms in total. The molecule has 1 N–H and O–H groups in total. The van der Waals surface area contributed by atoms with E-state index in [9.17, 15) is 4.79 Å². The Balaban J connectivity index is 1.28. The van der Waals surface area contributed by atoms with Crippen LogP contribution in [0.4, 0.5) is 0 Å². The number of hydrogen-bond donors (Lipinski definition) is 1. The highest BCUT2D eigenvalue weighted by molar-refractivity contribution is 7.18. The molecule has 4 aromatic rings. The highest BCUT2D eigenvalue weighted by Gasteiger charge is 2.22. The highest BCUT2D eigenvalue weighted by Crippen LogP contribution is 2.39. The summed E-state index contributed by atoms with van der Waals surface area (Å²) in [6, 6.07) is 14.4. The lowest BCUT2D eigenvalue weighted by Gasteiger charge is -2.15. The highest BCUT2D eigenvalue weighted by atomic mass is 32.1. The lowest BCUT2D eigenvalue weighted by molar-refractivity contribution is -0.123. The van der Waals surface area contributed by atoms with Crippen LogP contribution in [0.2, 0.25) is 0 Å². The molecule has 1 amide bonds. The van der Waals surface area contributed by atoms with Crippen LogP contribution in [0.15, 0.2) is 48.8 Å². The minimum atomic E-state index is -0.163. The summed E-state index contributed by atoms with van der Waals surface area (Å²) in [5.74, 6) is 0.354. The maximum Gasteiger partial charge on any atom is 0.258 e. The molecule has 0 saturated heterocycles. The van der Waals surface area contributed by atoms with Crippen LogP contribution in [0.5, 0.6) is 5.88 Å². The van der Waals surface area contributed by atoms with Crippen molar-refractivity contribution in [3.05, 3.63) is 64.8 Å². The normalized spacial score (nSPS) is 14.1. The molecule has 2 heterocycles. The molecule has 1 aliphatic rings. The molecule has 0 radical (unpaired) electrons. The quantitative estimate of drug-likeness (QED) is 0.529. The van der Waals surface area contributed by atoms with Crippen molar-refractivity contribution in [2.24, 2.45) is 0 Å². The molecule has 0 fully saturated rings. The molecule has 1 unspecified atom stereocenters. The summed E-state index contributed by atoms with van der Waals surface area (Å²) in [5, 5.41) is 6.36. The Hall–Kier alpha value is -2.99. The van der Waals surface area contributed by atoms with E-state index in [2.05, 4.69) is 45.6 Å². The summed E-state index contributed by atoms with van der Waals surface area (Å²) in [6.45, 7) is 1.92. The fourth-order valence-corrected chi connectivity index (χ4v) is 5.21. The van der Waals surface area contributed by atoms with Crippen LogP contribution in [0.1, 0.15) is 35.4 Å². The van der Waals surface area contributed by atoms with Gasteiger partial charge in [0.15, 0.2) is 6.61 Å². The average Bonchev–Trinajstić information content (AvgIpc) is 3.33. The van der Waals surface area contributed by atoms with Crippen molar-refractivity contribution in [3.8, 4) is 5.88 Å². The number of thiophene rings is 1. The molecule has 2 aromatic heterocycles. The number of aromatic nitrogens is 2. The van der Waals surface area contributed by atoms with Gasteiger partial charge in [-0.2, -0.15) is 0 Å². The van der Waals surface area contributed by atoms with Gasteiger partial charge in [-0.25, -0.2) is 9.97 Å². The summed E-state index contributed by atoms with van der Waals surface area (Å²) in [4.78, 5) is 23.5. The van der Waals surface area contributed by atoms with E-state index in [1.807, 2.05) is 19.1 Å². The average molecular weight is 404 g/mol. The molecule has 5 rings (SSSR count). The number of nitrogens with one attached hydrogen (secondary N) is 1. The molecule has 146 valence electrons. The first-order valence-corrected chi connectivity index (χ1v) is 10.7. The monoisotopic (exact) mass is 403 g/mol. The van der Waals surface area contributed by atoms with Gasteiger partial charge in [0.25, 0.3) is 5.91 Å². The van der Waals surface area contributed by atoms with E-state index in [0.717, 1.165) is 40.4 Å². The lowest BCUT2D eigenvalue weighted by atomic mass is 10.0. The van der Waals surface area contributed by atoms with Gasteiger partial charge in [-0.05, 0) is 54.2 Å². The van der Waals surface area contributed by atoms with Crippen LogP contribution >= 0.6 is 11.3 Å². The first-order valence-electron chi connectivity index (χ1n) is 9.85. The Kier molecular flexibility index (Phi) is 4.64. The lowest BCUT2D eigenvalue weighted by Crippen LogP contribution is -2.31. The van der Waals surface area contributed by atoms with Crippen molar-refractivity contribution in [2.75, 3.05) is 6.61 Å².